The van der Waals surface area contributed by atoms with Gasteiger partial charge >= 0.3 is 5.97 Å². The third-order valence-electron chi connectivity index (χ3n) is 2.99. The monoisotopic (exact) mass is 334 g/mol. The molecule has 120 valence electrons. The Morgan fingerprint density at radius 2 is 2.26 bits per heavy atom. The van der Waals surface area contributed by atoms with Crippen molar-refractivity contribution < 1.29 is 23.8 Å². The lowest BCUT2D eigenvalue weighted by Gasteiger charge is -2.13. The van der Waals surface area contributed by atoms with Gasteiger partial charge in [0, 0.05) is 0 Å². The minimum absolute atomic E-state index is 0.114. The van der Waals surface area contributed by atoms with Crippen LogP contribution in [0.4, 0.5) is 5.13 Å². The highest BCUT2D eigenvalue weighted by Crippen LogP contribution is 2.27. The summed E-state index contributed by atoms with van der Waals surface area (Å²) < 4.78 is 16.0. The highest BCUT2D eigenvalue weighted by atomic mass is 32.1. The predicted octanol–water partition coefficient (Wildman–Crippen LogP) is 2.30. The standard InChI is InChI=1S/C15H14N2O5S/c1-2-21-14(19)9-3-4-10-12(7-9)23-15(16-10)17-13(18)11-8-20-5-6-22-11/h3-4,7-8H,2,5-6H2,1H3,(H,16,17,18). The number of amides is 1. The lowest BCUT2D eigenvalue weighted by Crippen LogP contribution is -2.20. The van der Waals surface area contributed by atoms with E-state index in [0.29, 0.717) is 36.0 Å². The van der Waals surface area contributed by atoms with Crippen molar-refractivity contribution in [1.82, 2.24) is 4.98 Å². The summed E-state index contributed by atoms with van der Waals surface area (Å²) in [6.07, 6.45) is 1.28. The Morgan fingerprint density at radius 1 is 1.39 bits per heavy atom. The zero-order valence-corrected chi connectivity index (χ0v) is 13.1. The number of esters is 1. The number of nitrogens with zero attached hydrogens (tertiary/aromatic N) is 1. The zero-order chi connectivity index (χ0) is 16.2. The van der Waals surface area contributed by atoms with Crippen molar-refractivity contribution in [3.05, 3.63) is 35.8 Å². The van der Waals surface area contributed by atoms with Crippen LogP contribution in [-0.2, 0) is 19.0 Å². The molecule has 0 radical (unpaired) electrons. The third kappa shape index (κ3) is 3.42. The molecule has 8 heteroatoms. The van der Waals surface area contributed by atoms with Crippen LogP contribution in [0.2, 0.25) is 0 Å². The van der Waals surface area contributed by atoms with E-state index in [1.54, 1.807) is 25.1 Å². The van der Waals surface area contributed by atoms with Gasteiger partial charge in [-0.25, -0.2) is 9.78 Å². The van der Waals surface area contributed by atoms with Gasteiger partial charge in [-0.15, -0.1) is 0 Å². The van der Waals surface area contributed by atoms with Crippen LogP contribution in [0.3, 0.4) is 0 Å². The molecule has 1 aromatic carbocycles. The first-order valence-electron chi connectivity index (χ1n) is 7.01. The molecule has 1 aromatic heterocycles. The van der Waals surface area contributed by atoms with Crippen molar-refractivity contribution in [2.24, 2.45) is 0 Å². The molecule has 0 saturated heterocycles. The molecule has 0 aliphatic carbocycles. The van der Waals surface area contributed by atoms with Gasteiger partial charge in [-0.3, -0.25) is 10.1 Å². The summed E-state index contributed by atoms with van der Waals surface area (Å²) in [5.41, 5.74) is 1.14. The maximum absolute atomic E-state index is 12.0. The number of benzene rings is 1. The number of rotatable bonds is 4. The number of anilines is 1. The smallest absolute Gasteiger partial charge is 0.338 e. The van der Waals surface area contributed by atoms with Gasteiger partial charge in [-0.1, -0.05) is 11.3 Å². The lowest BCUT2D eigenvalue weighted by atomic mass is 10.2. The molecule has 0 saturated carbocycles. The van der Waals surface area contributed by atoms with E-state index >= 15 is 0 Å². The summed E-state index contributed by atoms with van der Waals surface area (Å²) in [4.78, 5) is 28.1. The summed E-state index contributed by atoms with van der Waals surface area (Å²) in [7, 11) is 0. The summed E-state index contributed by atoms with van der Waals surface area (Å²) in [5.74, 6) is -0.691. The Labute approximate surface area is 135 Å². The first-order chi connectivity index (χ1) is 11.2. The van der Waals surface area contributed by atoms with Crippen LogP contribution < -0.4 is 5.32 Å². The van der Waals surface area contributed by atoms with E-state index in [1.807, 2.05) is 0 Å². The topological polar surface area (TPSA) is 86.8 Å². The van der Waals surface area contributed by atoms with Crippen LogP contribution in [0.1, 0.15) is 17.3 Å². The second-order valence-electron chi connectivity index (χ2n) is 4.58. The number of nitrogens with one attached hydrogen (secondary N) is 1. The molecule has 0 unspecified atom stereocenters. The van der Waals surface area contributed by atoms with Gasteiger partial charge in [0.15, 0.2) is 5.13 Å². The molecule has 2 aromatic rings. The van der Waals surface area contributed by atoms with E-state index in [1.165, 1.54) is 17.6 Å². The van der Waals surface area contributed by atoms with E-state index in [0.717, 1.165) is 4.70 Å². The first kappa shape index (κ1) is 15.3. The van der Waals surface area contributed by atoms with E-state index in [9.17, 15) is 9.59 Å². The average Bonchev–Trinajstić information content (AvgIpc) is 2.97. The molecule has 0 spiro atoms. The van der Waals surface area contributed by atoms with Crippen molar-refractivity contribution in [3.8, 4) is 0 Å². The van der Waals surface area contributed by atoms with E-state index in [2.05, 4.69) is 10.3 Å². The molecule has 0 fully saturated rings. The summed E-state index contributed by atoms with van der Waals surface area (Å²) >= 11 is 1.26. The molecule has 2 heterocycles. The van der Waals surface area contributed by atoms with Gasteiger partial charge in [0.05, 0.1) is 22.4 Å². The van der Waals surface area contributed by atoms with Crippen molar-refractivity contribution in [2.45, 2.75) is 6.92 Å². The first-order valence-corrected chi connectivity index (χ1v) is 7.82. The van der Waals surface area contributed by atoms with Gasteiger partial charge in [0.25, 0.3) is 5.91 Å². The maximum atomic E-state index is 12.0. The second kappa shape index (κ2) is 6.66. The second-order valence-corrected chi connectivity index (χ2v) is 5.61. The molecule has 0 bridgehead atoms. The highest BCUT2D eigenvalue weighted by molar-refractivity contribution is 7.22. The summed E-state index contributed by atoms with van der Waals surface area (Å²) in [6, 6.07) is 5.06. The van der Waals surface area contributed by atoms with Crippen molar-refractivity contribution >= 4 is 38.6 Å². The van der Waals surface area contributed by atoms with Gasteiger partial charge in [-0.2, -0.15) is 0 Å². The van der Waals surface area contributed by atoms with E-state index in [4.69, 9.17) is 14.2 Å². The fraction of sp³-hybridized carbons (Fsp3) is 0.267. The maximum Gasteiger partial charge on any atom is 0.338 e. The van der Waals surface area contributed by atoms with Gasteiger partial charge in [0.2, 0.25) is 5.76 Å². The van der Waals surface area contributed by atoms with Crippen LogP contribution in [0.15, 0.2) is 30.2 Å². The number of hydrogen-bond donors (Lipinski definition) is 1. The summed E-state index contributed by atoms with van der Waals surface area (Å²) in [5, 5.41) is 3.07. The number of fused-ring (bicyclic) bond motifs is 1. The molecular weight excluding hydrogens is 320 g/mol. The quantitative estimate of drug-likeness (QED) is 0.863. The molecule has 1 aliphatic rings. The number of ether oxygens (including phenoxy) is 3. The molecule has 1 N–H and O–H groups in total. The average molecular weight is 334 g/mol. The Kier molecular flexibility index (Phi) is 4.42. The molecule has 0 atom stereocenters. The largest absolute Gasteiger partial charge is 0.494 e. The molecule has 1 amide bonds. The van der Waals surface area contributed by atoms with Gasteiger partial charge in [0.1, 0.15) is 19.5 Å². The lowest BCUT2D eigenvalue weighted by molar-refractivity contribution is -0.117. The Hall–Kier alpha value is -2.61. The van der Waals surface area contributed by atoms with Crippen LogP contribution in [-0.4, -0.2) is 36.7 Å². The van der Waals surface area contributed by atoms with E-state index < -0.39 is 5.91 Å². The zero-order valence-electron chi connectivity index (χ0n) is 12.3. The summed E-state index contributed by atoms with van der Waals surface area (Å²) in [6.45, 7) is 2.83. The predicted molar refractivity (Wildman–Crippen MR) is 84.2 cm³/mol. The third-order valence-corrected chi connectivity index (χ3v) is 3.93. The fourth-order valence-electron chi connectivity index (χ4n) is 1.97. The Morgan fingerprint density at radius 3 is 3.00 bits per heavy atom. The van der Waals surface area contributed by atoms with Crippen molar-refractivity contribution in [2.75, 3.05) is 25.1 Å². The van der Waals surface area contributed by atoms with Crippen LogP contribution in [0.5, 0.6) is 0 Å². The minimum Gasteiger partial charge on any atom is -0.494 e. The number of thiazole rings is 1. The van der Waals surface area contributed by atoms with Gasteiger partial charge in [-0.05, 0) is 25.1 Å². The van der Waals surface area contributed by atoms with Crippen LogP contribution >= 0.6 is 11.3 Å². The fourth-order valence-corrected chi connectivity index (χ4v) is 2.87. The highest BCUT2D eigenvalue weighted by Gasteiger charge is 2.17. The van der Waals surface area contributed by atoms with Crippen molar-refractivity contribution in [3.63, 3.8) is 0 Å². The number of aromatic nitrogens is 1. The Bertz CT molecular complexity index is 783. The van der Waals surface area contributed by atoms with Crippen molar-refractivity contribution in [1.29, 1.82) is 0 Å². The normalized spacial score (nSPS) is 13.7. The minimum atomic E-state index is -0.422. The number of carbonyl (C=O) groups is 2. The SMILES string of the molecule is CCOC(=O)c1ccc2nc(NC(=O)C3=COCCO3)sc2c1. The number of carbonyl (C=O) groups excluding carboxylic acids is 2. The van der Waals surface area contributed by atoms with E-state index in [-0.39, 0.29) is 11.7 Å². The van der Waals surface area contributed by atoms with Gasteiger partial charge < -0.3 is 14.2 Å². The molecule has 7 nitrogen and oxygen atoms in total. The van der Waals surface area contributed by atoms with Crippen LogP contribution in [0.25, 0.3) is 10.2 Å². The molecule has 23 heavy (non-hydrogen) atoms. The molecule has 3 rings (SSSR count). The molecular formula is C15H14N2O5S. The molecule has 1 aliphatic heterocycles. The Balaban J connectivity index is 1.78. The number of hydrogen-bond acceptors (Lipinski definition) is 7. The van der Waals surface area contributed by atoms with Crippen LogP contribution in [0, 0.1) is 0 Å².